The summed E-state index contributed by atoms with van der Waals surface area (Å²) in [4.78, 5) is 14.4. The Kier molecular flexibility index (Phi) is 3.14. The second-order valence-electron chi connectivity index (χ2n) is 2.31. The van der Waals surface area contributed by atoms with E-state index in [1.54, 1.807) is 24.4 Å². The Balaban J connectivity index is 2.79. The first-order chi connectivity index (χ1) is 5.88. The van der Waals surface area contributed by atoms with Crippen LogP contribution in [0.2, 0.25) is 0 Å². The summed E-state index contributed by atoms with van der Waals surface area (Å²) in [5.74, 6) is -0.441. The van der Waals surface area contributed by atoms with Crippen molar-refractivity contribution in [1.82, 2.24) is 4.98 Å². The molecule has 0 aliphatic heterocycles. The van der Waals surface area contributed by atoms with Gasteiger partial charge in [-0.2, -0.15) is 0 Å². The van der Waals surface area contributed by atoms with E-state index in [2.05, 4.69) is 11.2 Å². The smallest absolute Gasteiger partial charge is 0.208 e. The Bertz CT molecular complexity index is 258. The van der Waals surface area contributed by atoms with Crippen molar-refractivity contribution < 1.29 is 4.79 Å². The van der Waals surface area contributed by atoms with Crippen LogP contribution in [0.5, 0.6) is 0 Å². The van der Waals surface area contributed by atoms with Gasteiger partial charge in [-0.05, 0) is 12.1 Å². The molecule has 0 spiro atoms. The van der Waals surface area contributed by atoms with Gasteiger partial charge in [0, 0.05) is 12.6 Å². The topological polar surface area (TPSA) is 53.8 Å². The van der Waals surface area contributed by atoms with Gasteiger partial charge < -0.3 is 5.41 Å². The fourth-order valence-corrected chi connectivity index (χ4v) is 0.891. The van der Waals surface area contributed by atoms with Crippen LogP contribution in [-0.2, 0) is 4.79 Å². The van der Waals surface area contributed by atoms with Gasteiger partial charge in [0.2, 0.25) is 6.29 Å². The van der Waals surface area contributed by atoms with Crippen LogP contribution in [0, 0.1) is 5.41 Å². The summed E-state index contributed by atoms with van der Waals surface area (Å²) in [6.07, 6.45) is 5.85. The van der Waals surface area contributed by atoms with Gasteiger partial charge in [-0.25, -0.2) is 0 Å². The molecular weight excluding hydrogens is 152 g/mol. The van der Waals surface area contributed by atoms with Gasteiger partial charge in [0.05, 0.1) is 17.8 Å². The monoisotopic (exact) mass is 160 g/mol. The molecule has 1 aromatic rings. The van der Waals surface area contributed by atoms with Crippen molar-refractivity contribution in [3.05, 3.63) is 30.1 Å². The second kappa shape index (κ2) is 4.38. The maximum Gasteiger partial charge on any atom is 0.208 e. The lowest BCUT2D eigenvalue weighted by Gasteiger charge is -2.02. The maximum atomic E-state index is 10.4. The number of aromatic nitrogens is 1. The molecule has 0 aliphatic carbocycles. The zero-order valence-electron chi connectivity index (χ0n) is 6.45. The van der Waals surface area contributed by atoms with Gasteiger partial charge in [0.15, 0.2) is 0 Å². The minimum atomic E-state index is -0.441. The fraction of sp³-hybridized carbons (Fsp3) is 0.222. The van der Waals surface area contributed by atoms with Crippen LogP contribution in [0.3, 0.4) is 0 Å². The molecule has 0 saturated carbocycles. The zero-order chi connectivity index (χ0) is 8.81. The van der Waals surface area contributed by atoms with Crippen LogP contribution in [0.1, 0.15) is 18.0 Å². The van der Waals surface area contributed by atoms with Crippen LogP contribution in [0.15, 0.2) is 24.4 Å². The maximum absolute atomic E-state index is 10.4. The molecule has 1 N–H and O–H groups in total. The molecular formula is C9H8N2O. The predicted molar refractivity (Wildman–Crippen MR) is 45.0 cm³/mol. The van der Waals surface area contributed by atoms with E-state index in [4.69, 9.17) is 5.41 Å². The summed E-state index contributed by atoms with van der Waals surface area (Å²) in [6, 6.07) is 5.32. The van der Waals surface area contributed by atoms with Crippen molar-refractivity contribution in [2.45, 2.75) is 12.3 Å². The van der Waals surface area contributed by atoms with Gasteiger partial charge in [-0.3, -0.25) is 9.78 Å². The van der Waals surface area contributed by atoms with Crippen LogP contribution in [0.25, 0.3) is 0 Å². The van der Waals surface area contributed by atoms with Gasteiger partial charge in [-0.1, -0.05) is 6.07 Å². The van der Waals surface area contributed by atoms with Gasteiger partial charge in [0.25, 0.3) is 0 Å². The first kappa shape index (κ1) is 8.59. The van der Waals surface area contributed by atoms with E-state index in [1.807, 2.05) is 6.29 Å². The lowest BCUT2D eigenvalue weighted by molar-refractivity contribution is 0.543. The van der Waals surface area contributed by atoms with Crippen molar-refractivity contribution in [3.8, 4) is 0 Å². The number of nitrogens with zero attached hydrogens (tertiary/aromatic N) is 1. The summed E-state index contributed by atoms with van der Waals surface area (Å²) in [5.41, 5.74) is 0.646. The standard InChI is InChI=1S/C9H8N2O/c10-5-4-8(7-12)9-3-1-2-6-11-9/h1-3,6,8,10H,4H2. The minimum Gasteiger partial charge on any atom is -0.303 e. The molecule has 1 aromatic heterocycles. The van der Waals surface area contributed by atoms with Gasteiger partial charge in [0.1, 0.15) is 0 Å². The Morgan fingerprint density at radius 2 is 2.42 bits per heavy atom. The van der Waals surface area contributed by atoms with Crippen molar-refractivity contribution in [2.75, 3.05) is 0 Å². The highest BCUT2D eigenvalue weighted by molar-refractivity contribution is 5.69. The molecule has 12 heavy (non-hydrogen) atoms. The van der Waals surface area contributed by atoms with E-state index in [1.165, 1.54) is 0 Å². The van der Waals surface area contributed by atoms with Crippen LogP contribution in [0.4, 0.5) is 0 Å². The molecule has 0 saturated heterocycles. The van der Waals surface area contributed by atoms with Crippen LogP contribution >= 0.6 is 0 Å². The number of nitrogens with one attached hydrogen (secondary N) is 1. The Morgan fingerprint density at radius 3 is 2.92 bits per heavy atom. The van der Waals surface area contributed by atoms with Crippen molar-refractivity contribution >= 4 is 12.5 Å². The average molecular weight is 160 g/mol. The summed E-state index contributed by atoms with van der Waals surface area (Å²) in [6.45, 7) is 0. The Labute approximate surface area is 71.0 Å². The normalized spacial score (nSPS) is 12.0. The van der Waals surface area contributed by atoms with Gasteiger partial charge in [-0.15, -0.1) is 0 Å². The average Bonchev–Trinajstić information content (AvgIpc) is 2.15. The number of hydrogen-bond donors (Lipinski definition) is 1. The quantitative estimate of drug-likeness (QED) is 0.672. The minimum absolute atomic E-state index is 0.251. The summed E-state index contributed by atoms with van der Waals surface area (Å²) < 4.78 is 0. The van der Waals surface area contributed by atoms with Crippen LogP contribution in [-0.4, -0.2) is 17.5 Å². The summed E-state index contributed by atoms with van der Waals surface area (Å²) in [7, 11) is 0. The molecule has 0 bridgehead atoms. The Morgan fingerprint density at radius 1 is 1.58 bits per heavy atom. The summed E-state index contributed by atoms with van der Waals surface area (Å²) in [5, 5.41) is 6.73. The molecule has 1 atom stereocenters. The van der Waals surface area contributed by atoms with E-state index in [-0.39, 0.29) is 6.42 Å². The fourth-order valence-electron chi connectivity index (χ4n) is 0.891. The van der Waals surface area contributed by atoms with Crippen molar-refractivity contribution in [1.29, 1.82) is 5.41 Å². The molecule has 0 aliphatic rings. The number of pyridine rings is 1. The van der Waals surface area contributed by atoms with E-state index >= 15 is 0 Å². The number of carbonyl (C=O) groups excluding carboxylic acids is 1. The number of rotatable bonds is 4. The molecule has 1 unspecified atom stereocenters. The first-order valence-electron chi connectivity index (χ1n) is 3.56. The molecule has 0 amide bonds. The van der Waals surface area contributed by atoms with Gasteiger partial charge >= 0.3 is 0 Å². The lowest BCUT2D eigenvalue weighted by Crippen LogP contribution is -2.02. The third-order valence-electron chi connectivity index (χ3n) is 1.49. The van der Waals surface area contributed by atoms with E-state index < -0.39 is 5.92 Å². The third kappa shape index (κ3) is 1.99. The lowest BCUT2D eigenvalue weighted by atomic mass is 10.0. The molecule has 0 fully saturated rings. The predicted octanol–water partition coefficient (Wildman–Crippen LogP) is 1.19. The van der Waals surface area contributed by atoms with E-state index in [0.717, 1.165) is 0 Å². The first-order valence-corrected chi connectivity index (χ1v) is 3.56. The molecule has 2 radical (unpaired) electrons. The van der Waals surface area contributed by atoms with E-state index in [9.17, 15) is 4.79 Å². The highest BCUT2D eigenvalue weighted by Crippen LogP contribution is 2.12. The second-order valence-corrected chi connectivity index (χ2v) is 2.31. The molecule has 0 aromatic carbocycles. The zero-order valence-corrected chi connectivity index (χ0v) is 6.45. The van der Waals surface area contributed by atoms with E-state index in [0.29, 0.717) is 5.69 Å². The largest absolute Gasteiger partial charge is 0.303 e. The molecule has 3 nitrogen and oxygen atoms in total. The third-order valence-corrected chi connectivity index (χ3v) is 1.49. The molecule has 1 heterocycles. The van der Waals surface area contributed by atoms with Crippen molar-refractivity contribution in [3.63, 3.8) is 0 Å². The molecule has 1 rings (SSSR count). The Hall–Kier alpha value is -1.51. The molecule has 60 valence electrons. The highest BCUT2D eigenvalue weighted by atomic mass is 16.1. The van der Waals surface area contributed by atoms with Crippen molar-refractivity contribution in [2.24, 2.45) is 0 Å². The number of hydrogen-bond acceptors (Lipinski definition) is 3. The molecule has 3 heteroatoms. The highest BCUT2D eigenvalue weighted by Gasteiger charge is 2.10. The van der Waals surface area contributed by atoms with Crippen LogP contribution < -0.4 is 0 Å². The SMILES string of the molecule is N=[C]CC([C]=O)c1ccccn1. The summed E-state index contributed by atoms with van der Waals surface area (Å²) >= 11 is 0.